The highest BCUT2D eigenvalue weighted by atomic mass is 16.1. The van der Waals surface area contributed by atoms with E-state index >= 15 is 0 Å². The number of rotatable bonds is 1. The fourth-order valence-electron chi connectivity index (χ4n) is 2.56. The molecule has 2 aliphatic rings. The van der Waals surface area contributed by atoms with E-state index in [2.05, 4.69) is 22.5 Å². The van der Waals surface area contributed by atoms with E-state index < -0.39 is 0 Å². The molecular weight excluding hydrogens is 190 g/mol. The van der Waals surface area contributed by atoms with Crippen molar-refractivity contribution < 1.29 is 4.79 Å². The Morgan fingerprint density at radius 2 is 2.27 bits per heavy atom. The first kappa shape index (κ1) is 10.9. The fraction of sp³-hybridized carbons (Fsp3) is 0.909. The highest BCUT2D eigenvalue weighted by Crippen LogP contribution is 2.15. The lowest BCUT2D eigenvalue weighted by Crippen LogP contribution is -2.53. The minimum atomic E-state index is 0.226. The van der Waals surface area contributed by atoms with E-state index in [1.54, 1.807) is 0 Å². The van der Waals surface area contributed by atoms with E-state index in [9.17, 15) is 4.79 Å². The lowest BCUT2D eigenvalue weighted by molar-refractivity contribution is -0.121. The van der Waals surface area contributed by atoms with Gasteiger partial charge in [0, 0.05) is 44.7 Å². The largest absolute Gasteiger partial charge is 0.356 e. The standard InChI is InChI=1S/C11H21N3O/c1-9-8-14(6-5-12-9)10-3-2-4-13-11(15)7-10/h9-10,12H,2-8H2,1H3,(H,13,15)/t9-,10?/m1/s1. The quantitative estimate of drug-likeness (QED) is 0.639. The molecule has 0 aromatic carbocycles. The summed E-state index contributed by atoms with van der Waals surface area (Å²) in [6, 6.07) is 1.03. The number of piperazine rings is 1. The summed E-state index contributed by atoms with van der Waals surface area (Å²) in [5, 5.41) is 6.38. The maximum atomic E-state index is 11.5. The topological polar surface area (TPSA) is 44.4 Å². The van der Waals surface area contributed by atoms with Gasteiger partial charge in [0.1, 0.15) is 0 Å². The van der Waals surface area contributed by atoms with Gasteiger partial charge >= 0.3 is 0 Å². The van der Waals surface area contributed by atoms with Crippen molar-refractivity contribution >= 4 is 5.91 Å². The van der Waals surface area contributed by atoms with Gasteiger partial charge in [0.15, 0.2) is 0 Å². The summed E-state index contributed by atoms with van der Waals surface area (Å²) in [6.07, 6.45) is 2.97. The second-order valence-corrected chi connectivity index (χ2v) is 4.70. The van der Waals surface area contributed by atoms with Crippen LogP contribution in [0.3, 0.4) is 0 Å². The highest BCUT2D eigenvalue weighted by Gasteiger charge is 2.26. The van der Waals surface area contributed by atoms with Crippen LogP contribution in [0.5, 0.6) is 0 Å². The molecular formula is C11H21N3O. The summed E-state index contributed by atoms with van der Waals surface area (Å²) in [7, 11) is 0. The molecule has 4 heteroatoms. The average molecular weight is 211 g/mol. The number of hydrogen-bond acceptors (Lipinski definition) is 3. The second kappa shape index (κ2) is 4.94. The Morgan fingerprint density at radius 3 is 3.07 bits per heavy atom. The minimum Gasteiger partial charge on any atom is -0.356 e. The van der Waals surface area contributed by atoms with Crippen molar-refractivity contribution in [3.8, 4) is 0 Å². The molecule has 4 nitrogen and oxygen atoms in total. The zero-order chi connectivity index (χ0) is 10.7. The van der Waals surface area contributed by atoms with Crippen molar-refractivity contribution in [3.63, 3.8) is 0 Å². The van der Waals surface area contributed by atoms with Crippen LogP contribution < -0.4 is 10.6 Å². The molecule has 0 radical (unpaired) electrons. The highest BCUT2D eigenvalue weighted by molar-refractivity contribution is 5.76. The van der Waals surface area contributed by atoms with Gasteiger partial charge in [-0.2, -0.15) is 0 Å². The van der Waals surface area contributed by atoms with Gasteiger partial charge in [0.2, 0.25) is 5.91 Å². The summed E-state index contributed by atoms with van der Waals surface area (Å²) in [6.45, 7) is 6.29. The summed E-state index contributed by atoms with van der Waals surface area (Å²) in [5.41, 5.74) is 0. The van der Waals surface area contributed by atoms with Crippen LogP contribution in [0.2, 0.25) is 0 Å². The van der Waals surface area contributed by atoms with E-state index in [-0.39, 0.29) is 5.91 Å². The van der Waals surface area contributed by atoms with Gasteiger partial charge in [-0.15, -0.1) is 0 Å². The molecule has 2 fully saturated rings. The van der Waals surface area contributed by atoms with Crippen molar-refractivity contribution in [1.82, 2.24) is 15.5 Å². The van der Waals surface area contributed by atoms with E-state index in [0.29, 0.717) is 18.5 Å². The van der Waals surface area contributed by atoms with Gasteiger partial charge in [0.05, 0.1) is 0 Å². The molecule has 0 aliphatic carbocycles. The Balaban J connectivity index is 1.92. The first-order valence-electron chi connectivity index (χ1n) is 6.00. The summed E-state index contributed by atoms with van der Waals surface area (Å²) < 4.78 is 0. The van der Waals surface area contributed by atoms with Gasteiger partial charge < -0.3 is 10.6 Å². The predicted molar refractivity (Wildman–Crippen MR) is 59.7 cm³/mol. The first-order valence-corrected chi connectivity index (χ1v) is 6.00. The molecule has 0 aromatic rings. The van der Waals surface area contributed by atoms with Crippen LogP contribution >= 0.6 is 0 Å². The number of carbonyl (C=O) groups is 1. The third kappa shape index (κ3) is 2.92. The molecule has 0 saturated carbocycles. The zero-order valence-corrected chi connectivity index (χ0v) is 9.46. The van der Waals surface area contributed by atoms with Gasteiger partial charge in [-0.3, -0.25) is 9.69 Å². The molecule has 1 unspecified atom stereocenters. The lowest BCUT2D eigenvalue weighted by Gasteiger charge is -2.37. The summed E-state index contributed by atoms with van der Waals surface area (Å²) in [5.74, 6) is 0.226. The van der Waals surface area contributed by atoms with Crippen molar-refractivity contribution in [2.75, 3.05) is 26.2 Å². The van der Waals surface area contributed by atoms with Crippen molar-refractivity contribution in [3.05, 3.63) is 0 Å². The molecule has 15 heavy (non-hydrogen) atoms. The Bertz CT molecular complexity index is 232. The molecule has 86 valence electrons. The van der Waals surface area contributed by atoms with E-state index in [1.807, 2.05) is 0 Å². The van der Waals surface area contributed by atoms with Crippen LogP contribution in [0.4, 0.5) is 0 Å². The average Bonchev–Trinajstić information content (AvgIpc) is 2.43. The zero-order valence-electron chi connectivity index (χ0n) is 9.46. The molecule has 0 aromatic heterocycles. The maximum Gasteiger partial charge on any atom is 0.221 e. The van der Waals surface area contributed by atoms with Gasteiger partial charge in [-0.05, 0) is 19.8 Å². The molecule has 1 amide bonds. The molecule has 2 heterocycles. The van der Waals surface area contributed by atoms with E-state index in [4.69, 9.17) is 0 Å². The molecule has 2 saturated heterocycles. The Kier molecular flexibility index (Phi) is 3.59. The predicted octanol–water partition coefficient (Wildman–Crippen LogP) is -0.0512. The number of hydrogen-bond donors (Lipinski definition) is 2. The molecule has 0 bridgehead atoms. The molecule has 2 rings (SSSR count). The minimum absolute atomic E-state index is 0.226. The van der Waals surface area contributed by atoms with Crippen LogP contribution in [0.1, 0.15) is 26.2 Å². The lowest BCUT2D eigenvalue weighted by atomic mass is 10.1. The third-order valence-corrected chi connectivity index (χ3v) is 3.37. The van der Waals surface area contributed by atoms with Crippen LogP contribution in [-0.2, 0) is 4.79 Å². The molecule has 2 N–H and O–H groups in total. The Morgan fingerprint density at radius 1 is 1.40 bits per heavy atom. The summed E-state index contributed by atoms with van der Waals surface area (Å²) >= 11 is 0. The Hall–Kier alpha value is -0.610. The maximum absolute atomic E-state index is 11.5. The number of nitrogens with one attached hydrogen (secondary N) is 2. The fourth-order valence-corrected chi connectivity index (χ4v) is 2.56. The van der Waals surface area contributed by atoms with Crippen molar-refractivity contribution in [2.24, 2.45) is 0 Å². The second-order valence-electron chi connectivity index (χ2n) is 4.70. The van der Waals surface area contributed by atoms with Crippen LogP contribution in [0.25, 0.3) is 0 Å². The van der Waals surface area contributed by atoms with Crippen LogP contribution in [-0.4, -0.2) is 49.1 Å². The SMILES string of the molecule is C[C@@H]1CN(C2CCCNC(=O)C2)CCN1. The first-order chi connectivity index (χ1) is 7.25. The Labute approximate surface area is 91.4 Å². The van der Waals surface area contributed by atoms with Crippen molar-refractivity contribution in [2.45, 2.75) is 38.3 Å². The van der Waals surface area contributed by atoms with Crippen LogP contribution in [0.15, 0.2) is 0 Å². The summed E-state index contributed by atoms with van der Waals surface area (Å²) in [4.78, 5) is 13.9. The monoisotopic (exact) mass is 211 g/mol. The number of amides is 1. The normalized spacial score (nSPS) is 34.6. The molecule has 0 spiro atoms. The third-order valence-electron chi connectivity index (χ3n) is 3.37. The molecule has 2 aliphatic heterocycles. The molecule has 2 atom stereocenters. The van der Waals surface area contributed by atoms with Gasteiger partial charge in [0.25, 0.3) is 0 Å². The van der Waals surface area contributed by atoms with E-state index in [0.717, 1.165) is 39.0 Å². The van der Waals surface area contributed by atoms with Crippen LogP contribution in [0, 0.1) is 0 Å². The van der Waals surface area contributed by atoms with Crippen molar-refractivity contribution in [1.29, 1.82) is 0 Å². The van der Waals surface area contributed by atoms with Gasteiger partial charge in [-0.25, -0.2) is 0 Å². The number of nitrogens with zero attached hydrogens (tertiary/aromatic N) is 1. The van der Waals surface area contributed by atoms with E-state index in [1.165, 1.54) is 0 Å². The number of carbonyl (C=O) groups excluding carboxylic acids is 1. The smallest absolute Gasteiger partial charge is 0.221 e. The van der Waals surface area contributed by atoms with Gasteiger partial charge in [-0.1, -0.05) is 0 Å².